The zero-order chi connectivity index (χ0) is 21.4. The quantitative estimate of drug-likeness (QED) is 0.692. The predicted octanol–water partition coefficient (Wildman–Crippen LogP) is 4.22. The molecule has 4 nitrogen and oxygen atoms in total. The Morgan fingerprint density at radius 1 is 0.966 bits per heavy atom. The second-order valence-corrected chi connectivity index (χ2v) is 8.08. The van der Waals surface area contributed by atoms with Crippen molar-refractivity contribution in [2.75, 3.05) is 6.54 Å². The lowest BCUT2D eigenvalue weighted by atomic mass is 10.0. The molecule has 0 bridgehead atoms. The van der Waals surface area contributed by atoms with E-state index in [1.165, 1.54) is 0 Å². The van der Waals surface area contributed by atoms with Crippen molar-refractivity contribution < 1.29 is 9.59 Å². The van der Waals surface area contributed by atoms with Gasteiger partial charge in [-0.15, -0.1) is 0 Å². The number of benzene rings is 2. The summed E-state index contributed by atoms with van der Waals surface area (Å²) in [6.45, 7) is 10.5. The predicted molar refractivity (Wildman–Crippen MR) is 119 cm³/mol. The van der Waals surface area contributed by atoms with Gasteiger partial charge in [0.25, 0.3) is 0 Å². The maximum absolute atomic E-state index is 13.3. The summed E-state index contributed by atoms with van der Waals surface area (Å²) in [7, 11) is 0. The van der Waals surface area contributed by atoms with Crippen LogP contribution >= 0.6 is 0 Å². The Morgan fingerprint density at radius 2 is 1.59 bits per heavy atom. The molecule has 1 unspecified atom stereocenters. The number of nitrogens with zero attached hydrogens (tertiary/aromatic N) is 1. The third kappa shape index (κ3) is 7.04. The van der Waals surface area contributed by atoms with Crippen molar-refractivity contribution in [3.05, 3.63) is 70.8 Å². The molecule has 2 aromatic carbocycles. The monoisotopic (exact) mass is 394 g/mol. The molecule has 0 aliphatic heterocycles. The van der Waals surface area contributed by atoms with Gasteiger partial charge in [0, 0.05) is 12.6 Å². The minimum Gasteiger partial charge on any atom is -0.352 e. The number of hydrogen-bond donors (Lipinski definition) is 1. The van der Waals surface area contributed by atoms with Crippen LogP contribution in [0, 0.1) is 13.8 Å². The fourth-order valence-electron chi connectivity index (χ4n) is 3.72. The van der Waals surface area contributed by atoms with Gasteiger partial charge < -0.3 is 10.2 Å². The summed E-state index contributed by atoms with van der Waals surface area (Å²) in [5.74, 6) is -0.0824. The number of rotatable bonds is 9. The normalized spacial score (nSPS) is 11.9. The summed E-state index contributed by atoms with van der Waals surface area (Å²) >= 11 is 0. The number of carbonyl (C=O) groups is 2. The second kappa shape index (κ2) is 10.8. The Hall–Kier alpha value is -2.62. The van der Waals surface area contributed by atoms with Gasteiger partial charge in [-0.25, -0.2) is 0 Å². The van der Waals surface area contributed by atoms with Crippen LogP contribution in [0.5, 0.6) is 0 Å². The number of hydrogen-bond acceptors (Lipinski definition) is 2. The largest absolute Gasteiger partial charge is 0.352 e. The standard InChI is InChI=1S/C25H34N2O2/c1-6-23(25(29)26-18(2)3)27(13-12-21-10-8-7-9-11-21)24(28)17-22-15-19(4)14-20(5)16-22/h7-11,14-16,18,23H,6,12-13,17H2,1-5H3,(H,26,29). The van der Waals surface area contributed by atoms with Gasteiger partial charge >= 0.3 is 0 Å². The average molecular weight is 395 g/mol. The average Bonchev–Trinajstić information content (AvgIpc) is 2.64. The molecule has 0 saturated carbocycles. The van der Waals surface area contributed by atoms with Crippen LogP contribution in [0.15, 0.2) is 48.5 Å². The Balaban J connectivity index is 2.23. The lowest BCUT2D eigenvalue weighted by Gasteiger charge is -2.31. The van der Waals surface area contributed by atoms with E-state index in [1.807, 2.05) is 52.8 Å². The summed E-state index contributed by atoms with van der Waals surface area (Å²) < 4.78 is 0. The van der Waals surface area contributed by atoms with Crippen LogP contribution in [-0.4, -0.2) is 35.3 Å². The van der Waals surface area contributed by atoms with Crippen LogP contribution in [0.3, 0.4) is 0 Å². The highest BCUT2D eigenvalue weighted by atomic mass is 16.2. The van der Waals surface area contributed by atoms with Crippen molar-refractivity contribution in [1.29, 1.82) is 0 Å². The summed E-state index contributed by atoms with van der Waals surface area (Å²) in [6, 6.07) is 15.9. The van der Waals surface area contributed by atoms with E-state index >= 15 is 0 Å². The van der Waals surface area contributed by atoms with Crippen LogP contribution < -0.4 is 5.32 Å². The molecule has 2 aromatic rings. The molecule has 4 heteroatoms. The summed E-state index contributed by atoms with van der Waals surface area (Å²) in [6.07, 6.45) is 1.62. The van der Waals surface area contributed by atoms with Crippen LogP contribution in [0.4, 0.5) is 0 Å². The topological polar surface area (TPSA) is 49.4 Å². The Kier molecular flexibility index (Phi) is 8.44. The molecule has 156 valence electrons. The van der Waals surface area contributed by atoms with Crippen molar-refractivity contribution in [2.45, 2.75) is 66.0 Å². The molecule has 29 heavy (non-hydrogen) atoms. The molecule has 0 aromatic heterocycles. The van der Waals surface area contributed by atoms with Gasteiger partial charge in [0.15, 0.2) is 0 Å². The third-order valence-corrected chi connectivity index (χ3v) is 4.94. The van der Waals surface area contributed by atoms with Gasteiger partial charge in [0.2, 0.25) is 11.8 Å². The van der Waals surface area contributed by atoms with E-state index in [-0.39, 0.29) is 17.9 Å². The van der Waals surface area contributed by atoms with E-state index in [1.54, 1.807) is 4.90 Å². The van der Waals surface area contributed by atoms with Gasteiger partial charge in [-0.1, -0.05) is 66.6 Å². The van der Waals surface area contributed by atoms with Gasteiger partial charge in [0.05, 0.1) is 6.42 Å². The number of amides is 2. The molecule has 0 spiro atoms. The van der Waals surface area contributed by atoms with Crippen molar-refractivity contribution in [1.82, 2.24) is 10.2 Å². The first-order valence-corrected chi connectivity index (χ1v) is 10.5. The molecule has 0 radical (unpaired) electrons. The van der Waals surface area contributed by atoms with Crippen LogP contribution in [0.1, 0.15) is 49.4 Å². The minimum absolute atomic E-state index is 0.00307. The fourth-order valence-corrected chi connectivity index (χ4v) is 3.72. The first-order chi connectivity index (χ1) is 13.8. The van der Waals surface area contributed by atoms with Crippen LogP contribution in [-0.2, 0) is 22.4 Å². The van der Waals surface area contributed by atoms with Crippen LogP contribution in [0.25, 0.3) is 0 Å². The van der Waals surface area contributed by atoms with Crippen molar-refractivity contribution in [3.8, 4) is 0 Å². The second-order valence-electron chi connectivity index (χ2n) is 8.08. The summed E-state index contributed by atoms with van der Waals surface area (Å²) in [4.78, 5) is 27.9. The van der Waals surface area contributed by atoms with Gasteiger partial charge in [-0.3, -0.25) is 9.59 Å². The van der Waals surface area contributed by atoms with Gasteiger partial charge in [-0.05, 0) is 51.7 Å². The zero-order valence-electron chi connectivity index (χ0n) is 18.4. The number of carbonyl (C=O) groups excluding carboxylic acids is 2. The molecule has 1 atom stereocenters. The number of nitrogens with one attached hydrogen (secondary N) is 1. The zero-order valence-corrected chi connectivity index (χ0v) is 18.4. The smallest absolute Gasteiger partial charge is 0.242 e. The van der Waals surface area contributed by atoms with E-state index in [2.05, 4.69) is 35.6 Å². The van der Waals surface area contributed by atoms with Crippen molar-refractivity contribution in [2.24, 2.45) is 0 Å². The molecule has 0 fully saturated rings. The van der Waals surface area contributed by atoms with E-state index in [9.17, 15) is 9.59 Å². The van der Waals surface area contributed by atoms with E-state index in [0.29, 0.717) is 19.4 Å². The first kappa shape index (κ1) is 22.7. The first-order valence-electron chi connectivity index (χ1n) is 10.5. The molecule has 2 amide bonds. The SMILES string of the molecule is CCC(C(=O)NC(C)C)N(CCc1ccccc1)C(=O)Cc1cc(C)cc(C)c1. The molecule has 0 aliphatic carbocycles. The van der Waals surface area contributed by atoms with E-state index in [0.717, 1.165) is 28.7 Å². The maximum Gasteiger partial charge on any atom is 0.242 e. The van der Waals surface area contributed by atoms with Gasteiger partial charge in [-0.2, -0.15) is 0 Å². The highest BCUT2D eigenvalue weighted by Gasteiger charge is 2.28. The molecule has 0 heterocycles. The Bertz CT molecular complexity index is 795. The molecular weight excluding hydrogens is 360 g/mol. The van der Waals surface area contributed by atoms with Crippen molar-refractivity contribution in [3.63, 3.8) is 0 Å². The van der Waals surface area contributed by atoms with E-state index < -0.39 is 6.04 Å². The van der Waals surface area contributed by atoms with E-state index in [4.69, 9.17) is 0 Å². The van der Waals surface area contributed by atoms with Gasteiger partial charge in [0.1, 0.15) is 6.04 Å². The lowest BCUT2D eigenvalue weighted by Crippen LogP contribution is -2.51. The number of aryl methyl sites for hydroxylation is 2. The molecule has 0 saturated heterocycles. The lowest BCUT2D eigenvalue weighted by molar-refractivity contribution is -0.140. The third-order valence-electron chi connectivity index (χ3n) is 4.94. The highest BCUT2D eigenvalue weighted by molar-refractivity contribution is 5.88. The maximum atomic E-state index is 13.3. The molecular formula is C25H34N2O2. The summed E-state index contributed by atoms with van der Waals surface area (Å²) in [5.41, 5.74) is 4.45. The summed E-state index contributed by atoms with van der Waals surface area (Å²) in [5, 5.41) is 2.98. The molecule has 2 rings (SSSR count). The van der Waals surface area contributed by atoms with Crippen molar-refractivity contribution >= 4 is 11.8 Å². The minimum atomic E-state index is -0.459. The van der Waals surface area contributed by atoms with Crippen LogP contribution in [0.2, 0.25) is 0 Å². The Morgan fingerprint density at radius 3 is 2.14 bits per heavy atom. The molecule has 1 N–H and O–H groups in total. The highest BCUT2D eigenvalue weighted by Crippen LogP contribution is 2.14. The fraction of sp³-hybridized carbons (Fsp3) is 0.440. The molecule has 0 aliphatic rings. The Labute approximate surface area is 175 Å².